The zero-order valence-corrected chi connectivity index (χ0v) is 11.4. The molecule has 0 amide bonds. The molecule has 0 aromatic heterocycles. The molecule has 0 aliphatic carbocycles. The van der Waals surface area contributed by atoms with Crippen molar-refractivity contribution in [3.05, 3.63) is 70.5 Å². The van der Waals surface area contributed by atoms with Crippen LogP contribution in [0.5, 0.6) is 0 Å². The molecule has 0 radical (unpaired) electrons. The molecule has 3 heteroatoms. The predicted molar refractivity (Wildman–Crippen MR) is 75.0 cm³/mol. The number of benzene rings is 2. The van der Waals surface area contributed by atoms with E-state index in [4.69, 9.17) is 0 Å². The van der Waals surface area contributed by atoms with Gasteiger partial charge in [0.25, 0.3) is 0 Å². The van der Waals surface area contributed by atoms with Crippen LogP contribution in [-0.4, -0.2) is 5.78 Å². The summed E-state index contributed by atoms with van der Waals surface area (Å²) < 4.78 is 12.9. The minimum atomic E-state index is -0.906. The van der Waals surface area contributed by atoms with E-state index in [9.17, 15) is 14.4 Å². The Morgan fingerprint density at radius 3 is 2.15 bits per heavy atom. The van der Waals surface area contributed by atoms with E-state index in [0.29, 0.717) is 11.1 Å². The van der Waals surface area contributed by atoms with Gasteiger partial charge in [0.1, 0.15) is 11.7 Å². The number of Topliss-reactive ketones (excluding diaryl/α,β-unsaturated/α-hetero) is 1. The molecule has 0 fully saturated rings. The molecule has 0 heterocycles. The monoisotopic (exact) mass is 267 g/mol. The fraction of sp³-hybridized carbons (Fsp3) is 0.176. The van der Waals surface area contributed by atoms with Crippen LogP contribution in [0, 0.1) is 31.0 Å². The lowest BCUT2D eigenvalue weighted by Crippen LogP contribution is -2.11. The third-order valence-electron chi connectivity index (χ3n) is 3.10. The zero-order valence-electron chi connectivity index (χ0n) is 11.4. The van der Waals surface area contributed by atoms with Crippen LogP contribution in [0.2, 0.25) is 0 Å². The molecule has 1 unspecified atom stereocenters. The Morgan fingerprint density at radius 2 is 1.65 bits per heavy atom. The van der Waals surface area contributed by atoms with Crippen LogP contribution >= 0.6 is 0 Å². The van der Waals surface area contributed by atoms with Crippen molar-refractivity contribution in [3.8, 4) is 6.07 Å². The predicted octanol–water partition coefficient (Wildman–Crippen LogP) is 3.93. The van der Waals surface area contributed by atoms with Crippen molar-refractivity contribution < 1.29 is 9.18 Å². The lowest BCUT2D eigenvalue weighted by Gasteiger charge is -2.10. The summed E-state index contributed by atoms with van der Waals surface area (Å²) in [5.74, 6) is -1.55. The molecule has 100 valence electrons. The molecule has 2 aromatic rings. The van der Waals surface area contributed by atoms with Crippen LogP contribution in [0.3, 0.4) is 0 Å². The SMILES string of the molecule is Cc1cc(C)cc(C(=O)C(C#N)c2ccc(F)cc2)c1. The molecule has 2 rings (SSSR count). The van der Waals surface area contributed by atoms with Crippen LogP contribution in [0.4, 0.5) is 4.39 Å². The number of carbonyl (C=O) groups is 1. The topological polar surface area (TPSA) is 40.9 Å². The number of nitrogens with zero attached hydrogens (tertiary/aromatic N) is 1. The average molecular weight is 267 g/mol. The van der Waals surface area contributed by atoms with Crippen LogP contribution in [0.25, 0.3) is 0 Å². The number of aryl methyl sites for hydroxylation is 2. The van der Waals surface area contributed by atoms with Crippen LogP contribution in [0.15, 0.2) is 42.5 Å². The molecule has 0 saturated carbocycles. The molecule has 0 N–H and O–H groups in total. The van der Waals surface area contributed by atoms with Crippen molar-refractivity contribution in [1.29, 1.82) is 5.26 Å². The standard InChI is InChI=1S/C17H14FNO/c1-11-7-12(2)9-14(8-11)17(20)16(10-19)13-3-5-15(18)6-4-13/h3-9,16H,1-2H3. The van der Waals surface area contributed by atoms with E-state index < -0.39 is 5.92 Å². The van der Waals surface area contributed by atoms with Crippen LogP contribution in [0.1, 0.15) is 33.0 Å². The number of carbonyl (C=O) groups excluding carboxylic acids is 1. The Kier molecular flexibility index (Phi) is 3.95. The molecule has 20 heavy (non-hydrogen) atoms. The Labute approximate surface area is 117 Å². The van der Waals surface area contributed by atoms with E-state index >= 15 is 0 Å². The first-order valence-corrected chi connectivity index (χ1v) is 6.29. The van der Waals surface area contributed by atoms with Crippen molar-refractivity contribution in [3.63, 3.8) is 0 Å². The third-order valence-corrected chi connectivity index (χ3v) is 3.10. The second kappa shape index (κ2) is 5.66. The van der Waals surface area contributed by atoms with Crippen molar-refractivity contribution in [2.45, 2.75) is 19.8 Å². The maximum atomic E-state index is 12.9. The highest BCUT2D eigenvalue weighted by molar-refractivity contribution is 6.03. The van der Waals surface area contributed by atoms with Gasteiger partial charge in [-0.25, -0.2) is 4.39 Å². The number of ketones is 1. The van der Waals surface area contributed by atoms with Gasteiger partial charge in [0.05, 0.1) is 6.07 Å². The average Bonchev–Trinajstić information content (AvgIpc) is 2.40. The normalized spacial score (nSPS) is 11.7. The summed E-state index contributed by atoms with van der Waals surface area (Å²) in [6.07, 6.45) is 0. The molecule has 0 bridgehead atoms. The van der Waals surface area contributed by atoms with Crippen molar-refractivity contribution in [2.75, 3.05) is 0 Å². The summed E-state index contributed by atoms with van der Waals surface area (Å²) in [5, 5.41) is 9.25. The summed E-state index contributed by atoms with van der Waals surface area (Å²) in [6, 6.07) is 13.0. The van der Waals surface area contributed by atoms with Crippen molar-refractivity contribution in [2.24, 2.45) is 0 Å². The first-order valence-electron chi connectivity index (χ1n) is 6.29. The highest BCUT2D eigenvalue weighted by Gasteiger charge is 2.22. The Hall–Kier alpha value is -2.47. The largest absolute Gasteiger partial charge is 0.292 e. The first-order chi connectivity index (χ1) is 9.51. The van der Waals surface area contributed by atoms with Gasteiger partial charge in [0.15, 0.2) is 5.78 Å². The number of rotatable bonds is 3. The van der Waals surface area contributed by atoms with E-state index in [-0.39, 0.29) is 11.6 Å². The maximum absolute atomic E-state index is 12.9. The number of halogens is 1. The van der Waals surface area contributed by atoms with E-state index in [1.165, 1.54) is 24.3 Å². The van der Waals surface area contributed by atoms with Gasteiger partial charge in [-0.05, 0) is 43.7 Å². The number of nitriles is 1. The summed E-state index contributed by atoms with van der Waals surface area (Å²) in [5.41, 5.74) is 2.98. The molecule has 0 saturated heterocycles. The molecule has 0 aliphatic rings. The lowest BCUT2D eigenvalue weighted by atomic mass is 9.90. The second-order valence-corrected chi connectivity index (χ2v) is 4.85. The summed E-state index contributed by atoms with van der Waals surface area (Å²) in [6.45, 7) is 3.81. The van der Waals surface area contributed by atoms with Crippen molar-refractivity contribution in [1.82, 2.24) is 0 Å². The van der Waals surface area contributed by atoms with Gasteiger partial charge < -0.3 is 0 Å². The van der Waals surface area contributed by atoms with Gasteiger partial charge in [0, 0.05) is 5.56 Å². The first kappa shape index (κ1) is 14.0. The Morgan fingerprint density at radius 1 is 1.10 bits per heavy atom. The Bertz CT molecular complexity index is 663. The zero-order chi connectivity index (χ0) is 14.7. The quantitative estimate of drug-likeness (QED) is 0.790. The number of hydrogen-bond acceptors (Lipinski definition) is 2. The highest BCUT2D eigenvalue weighted by Crippen LogP contribution is 2.22. The molecule has 0 aliphatic heterocycles. The maximum Gasteiger partial charge on any atom is 0.184 e. The van der Waals surface area contributed by atoms with E-state index in [1.54, 1.807) is 12.1 Å². The molecule has 2 aromatic carbocycles. The molecule has 0 spiro atoms. The second-order valence-electron chi connectivity index (χ2n) is 4.85. The van der Waals surface area contributed by atoms with Crippen molar-refractivity contribution >= 4 is 5.78 Å². The summed E-state index contributed by atoms with van der Waals surface area (Å²) in [4.78, 5) is 12.4. The fourth-order valence-corrected chi connectivity index (χ4v) is 2.22. The van der Waals surface area contributed by atoms with Gasteiger partial charge in [-0.3, -0.25) is 4.79 Å². The summed E-state index contributed by atoms with van der Waals surface area (Å²) >= 11 is 0. The fourth-order valence-electron chi connectivity index (χ4n) is 2.22. The van der Waals surface area contributed by atoms with Gasteiger partial charge in [-0.1, -0.05) is 29.3 Å². The third kappa shape index (κ3) is 2.92. The van der Waals surface area contributed by atoms with Gasteiger partial charge in [-0.2, -0.15) is 5.26 Å². The van der Waals surface area contributed by atoms with Gasteiger partial charge in [-0.15, -0.1) is 0 Å². The minimum Gasteiger partial charge on any atom is -0.292 e. The van der Waals surface area contributed by atoms with Crippen LogP contribution < -0.4 is 0 Å². The minimum absolute atomic E-state index is 0.258. The van der Waals surface area contributed by atoms with Gasteiger partial charge >= 0.3 is 0 Å². The number of hydrogen-bond donors (Lipinski definition) is 0. The van der Waals surface area contributed by atoms with E-state index in [1.807, 2.05) is 26.0 Å². The van der Waals surface area contributed by atoms with E-state index in [0.717, 1.165) is 11.1 Å². The lowest BCUT2D eigenvalue weighted by molar-refractivity contribution is 0.0978. The summed E-state index contributed by atoms with van der Waals surface area (Å²) in [7, 11) is 0. The highest BCUT2D eigenvalue weighted by atomic mass is 19.1. The molecule has 2 nitrogen and oxygen atoms in total. The molecule has 1 atom stereocenters. The molecular weight excluding hydrogens is 253 g/mol. The van der Waals surface area contributed by atoms with Gasteiger partial charge in [0.2, 0.25) is 0 Å². The Balaban J connectivity index is 2.39. The molecular formula is C17H14FNO. The smallest absolute Gasteiger partial charge is 0.184 e. The van der Waals surface area contributed by atoms with E-state index in [2.05, 4.69) is 0 Å². The van der Waals surface area contributed by atoms with Crippen LogP contribution in [-0.2, 0) is 0 Å².